The second kappa shape index (κ2) is 7.96. The number of aromatic amines is 1. The van der Waals surface area contributed by atoms with Gasteiger partial charge in [-0.15, -0.1) is 11.8 Å². The molecule has 0 fully saturated rings. The molecule has 5 heteroatoms. The molecule has 136 valence electrons. The summed E-state index contributed by atoms with van der Waals surface area (Å²) in [5, 5.41) is 2.57. The minimum atomic E-state index is -0.179. The predicted octanol–water partition coefficient (Wildman–Crippen LogP) is 4.84. The number of hydrogen-bond donors (Lipinski definition) is 1. The zero-order valence-corrected chi connectivity index (χ0v) is 16.1. The van der Waals surface area contributed by atoms with Crippen molar-refractivity contribution in [2.45, 2.75) is 33.1 Å². The Morgan fingerprint density at radius 3 is 2.85 bits per heavy atom. The summed E-state index contributed by atoms with van der Waals surface area (Å²) in [6.45, 7) is 4.07. The molecule has 0 saturated carbocycles. The number of methoxy groups -OCH3 is 1. The third-order valence-corrected chi connectivity index (χ3v) is 5.78. The van der Waals surface area contributed by atoms with Gasteiger partial charge in [-0.2, -0.15) is 0 Å². The zero-order chi connectivity index (χ0) is 18.7. The van der Waals surface area contributed by atoms with E-state index in [-0.39, 0.29) is 17.1 Å². The number of carbonyl (C=O) groups is 1. The summed E-state index contributed by atoms with van der Waals surface area (Å²) >= 11 is 1.66. The quantitative estimate of drug-likeness (QED) is 0.819. The van der Waals surface area contributed by atoms with Crippen LogP contribution in [0.25, 0.3) is 10.9 Å². The van der Waals surface area contributed by atoms with Crippen molar-refractivity contribution in [1.29, 1.82) is 0 Å². The lowest BCUT2D eigenvalue weighted by molar-refractivity contribution is 0.0956. The van der Waals surface area contributed by atoms with Gasteiger partial charge in [0.1, 0.15) is 5.75 Å². The molecule has 4 nitrogen and oxygen atoms in total. The van der Waals surface area contributed by atoms with E-state index in [1.807, 2.05) is 24.5 Å². The van der Waals surface area contributed by atoms with Crippen LogP contribution in [0.3, 0.4) is 0 Å². The fourth-order valence-electron chi connectivity index (χ4n) is 3.40. The van der Waals surface area contributed by atoms with Crippen molar-refractivity contribution in [3.8, 4) is 5.75 Å². The molecule has 1 atom stereocenters. The van der Waals surface area contributed by atoms with Crippen LogP contribution in [0.1, 0.15) is 42.7 Å². The molecule has 0 aliphatic heterocycles. The Balaban J connectivity index is 2.07. The molecule has 1 aliphatic rings. The van der Waals surface area contributed by atoms with Gasteiger partial charge in [0.15, 0.2) is 11.2 Å². The van der Waals surface area contributed by atoms with Gasteiger partial charge in [0, 0.05) is 29.5 Å². The van der Waals surface area contributed by atoms with Gasteiger partial charge in [-0.25, -0.2) is 0 Å². The largest absolute Gasteiger partial charge is 0.497 e. The van der Waals surface area contributed by atoms with Crippen LogP contribution < -0.4 is 10.2 Å². The average molecular weight is 369 g/mol. The number of ketones is 1. The van der Waals surface area contributed by atoms with Crippen LogP contribution in [-0.2, 0) is 6.42 Å². The number of Topliss-reactive ketones (excluding diaryl/α,β-unsaturated/α-hetero) is 1. The molecule has 0 spiro atoms. The summed E-state index contributed by atoms with van der Waals surface area (Å²) in [5.74, 6) is 0.718. The molecule has 1 aliphatic carbocycles. The van der Waals surface area contributed by atoms with Crippen molar-refractivity contribution < 1.29 is 9.53 Å². The van der Waals surface area contributed by atoms with Gasteiger partial charge >= 0.3 is 0 Å². The first-order valence-electron chi connectivity index (χ1n) is 8.83. The lowest BCUT2D eigenvalue weighted by Crippen LogP contribution is -2.29. The maximum Gasteiger partial charge on any atom is 0.200 e. The number of H-pyrrole nitrogens is 1. The Morgan fingerprint density at radius 1 is 1.35 bits per heavy atom. The first kappa shape index (κ1) is 18.5. The van der Waals surface area contributed by atoms with Crippen LogP contribution in [-0.4, -0.2) is 17.9 Å². The Kier molecular flexibility index (Phi) is 5.67. The van der Waals surface area contributed by atoms with Gasteiger partial charge < -0.3 is 9.72 Å². The fourth-order valence-corrected chi connectivity index (χ4v) is 4.32. The van der Waals surface area contributed by atoms with Crippen LogP contribution in [0.5, 0.6) is 5.75 Å². The molecule has 1 unspecified atom stereocenters. The molecule has 26 heavy (non-hydrogen) atoms. The van der Waals surface area contributed by atoms with E-state index in [9.17, 15) is 9.59 Å². The van der Waals surface area contributed by atoms with E-state index in [1.54, 1.807) is 31.0 Å². The lowest BCUT2D eigenvalue weighted by Gasteiger charge is -2.25. The van der Waals surface area contributed by atoms with Crippen molar-refractivity contribution in [2.24, 2.45) is 5.92 Å². The molecule has 3 rings (SSSR count). The van der Waals surface area contributed by atoms with E-state index in [4.69, 9.17) is 4.74 Å². The molecule has 0 bridgehead atoms. The normalized spacial score (nSPS) is 17.7. The Morgan fingerprint density at radius 2 is 2.15 bits per heavy atom. The summed E-state index contributed by atoms with van der Waals surface area (Å²) in [7, 11) is 1.59. The van der Waals surface area contributed by atoms with Crippen LogP contribution in [0.2, 0.25) is 0 Å². The first-order chi connectivity index (χ1) is 12.6. The van der Waals surface area contributed by atoms with Crippen LogP contribution in [0.4, 0.5) is 0 Å². The van der Waals surface area contributed by atoms with Crippen LogP contribution in [0, 0.1) is 5.92 Å². The first-order valence-corrected chi connectivity index (χ1v) is 9.71. The smallest absolute Gasteiger partial charge is 0.200 e. The molecule has 1 aromatic carbocycles. The van der Waals surface area contributed by atoms with Crippen LogP contribution in [0.15, 0.2) is 45.5 Å². The maximum absolute atomic E-state index is 12.8. The fraction of sp³-hybridized carbons (Fsp3) is 0.333. The number of aromatic nitrogens is 1. The molecular weight excluding hydrogens is 346 g/mol. The molecular formula is C21H23NO3S. The van der Waals surface area contributed by atoms with Gasteiger partial charge in [0.2, 0.25) is 0 Å². The number of nitrogens with one attached hydrogen (secondary N) is 1. The minimum Gasteiger partial charge on any atom is -0.497 e. The molecule has 1 N–H and O–H groups in total. The molecule has 1 heterocycles. The second-order valence-electron chi connectivity index (χ2n) is 6.35. The van der Waals surface area contributed by atoms with E-state index in [1.165, 1.54) is 4.91 Å². The monoisotopic (exact) mass is 369 g/mol. The van der Waals surface area contributed by atoms with Crippen molar-refractivity contribution >= 4 is 28.4 Å². The number of fused-ring (bicyclic) bond motifs is 2. The highest BCUT2D eigenvalue weighted by molar-refractivity contribution is 8.05. The molecule has 0 saturated heterocycles. The number of ether oxygens (including phenoxy) is 1. The highest BCUT2D eigenvalue weighted by Gasteiger charge is 2.30. The van der Waals surface area contributed by atoms with E-state index in [0.29, 0.717) is 35.1 Å². The molecule has 0 amide bonds. The molecule has 1 aromatic heterocycles. The third-order valence-electron chi connectivity index (χ3n) is 4.59. The van der Waals surface area contributed by atoms with E-state index in [2.05, 4.69) is 18.0 Å². The lowest BCUT2D eigenvalue weighted by atomic mass is 9.84. The van der Waals surface area contributed by atoms with Crippen molar-refractivity contribution in [2.75, 3.05) is 7.11 Å². The number of benzene rings is 1. The average Bonchev–Trinajstić information content (AvgIpc) is 2.64. The standard InChI is InChI=1S/C21H23NO3S/c1-4-6-19(26-9-5-2)13-10-17-20(18(23)11-13)21(24)15-8-7-14(25-3)12-16(15)22-17/h5-9,12-13H,4,10-11H2,1-3H3,(H,22,24)/b9-5-,19-6+. The maximum atomic E-state index is 12.8. The summed E-state index contributed by atoms with van der Waals surface area (Å²) < 4.78 is 5.25. The summed E-state index contributed by atoms with van der Waals surface area (Å²) in [4.78, 5) is 30.1. The number of rotatable bonds is 5. The van der Waals surface area contributed by atoms with Crippen molar-refractivity contribution in [1.82, 2.24) is 4.98 Å². The van der Waals surface area contributed by atoms with Crippen molar-refractivity contribution in [3.63, 3.8) is 0 Å². The summed E-state index contributed by atoms with van der Waals surface area (Å²) in [5.41, 5.74) is 1.59. The zero-order valence-electron chi connectivity index (χ0n) is 15.3. The third kappa shape index (κ3) is 3.49. The topological polar surface area (TPSA) is 59.2 Å². The number of carbonyl (C=O) groups excluding carboxylic acids is 1. The summed E-state index contributed by atoms with van der Waals surface area (Å²) in [6, 6.07) is 5.27. The van der Waals surface area contributed by atoms with Crippen molar-refractivity contribution in [3.05, 3.63) is 62.1 Å². The highest BCUT2D eigenvalue weighted by Crippen LogP contribution is 2.35. The van der Waals surface area contributed by atoms with E-state index >= 15 is 0 Å². The van der Waals surface area contributed by atoms with E-state index in [0.717, 1.165) is 12.1 Å². The Labute approximate surface area is 157 Å². The minimum absolute atomic E-state index is 0.0710. The second-order valence-corrected chi connectivity index (χ2v) is 7.33. The van der Waals surface area contributed by atoms with Gasteiger partial charge in [-0.1, -0.05) is 19.1 Å². The van der Waals surface area contributed by atoms with E-state index < -0.39 is 0 Å². The Hall–Kier alpha value is -2.27. The van der Waals surface area contributed by atoms with Gasteiger partial charge in [0.25, 0.3) is 0 Å². The summed E-state index contributed by atoms with van der Waals surface area (Å²) in [6.07, 6.45) is 6.14. The molecule has 2 aromatic rings. The number of thioether (sulfide) groups is 1. The SMILES string of the molecule is C/C=C\S/C(=C/CC)C1CC(=O)c2c([nH]c3cc(OC)ccc3c2=O)C1. The molecule has 0 radical (unpaired) electrons. The number of allylic oxidation sites excluding steroid dienone is 3. The number of hydrogen-bond acceptors (Lipinski definition) is 4. The van der Waals surface area contributed by atoms with Gasteiger partial charge in [0.05, 0.1) is 18.2 Å². The van der Waals surface area contributed by atoms with Crippen LogP contribution >= 0.6 is 11.8 Å². The number of pyridine rings is 1. The predicted molar refractivity (Wildman–Crippen MR) is 108 cm³/mol. The Bertz CT molecular complexity index is 956. The highest BCUT2D eigenvalue weighted by atomic mass is 32.2. The van der Waals surface area contributed by atoms with Gasteiger partial charge in [-0.3, -0.25) is 9.59 Å². The van der Waals surface area contributed by atoms with Gasteiger partial charge in [-0.05, 0) is 42.2 Å².